The summed E-state index contributed by atoms with van der Waals surface area (Å²) in [6.45, 7) is -2.13. The van der Waals surface area contributed by atoms with E-state index in [0.717, 1.165) is 4.57 Å². The van der Waals surface area contributed by atoms with Crippen molar-refractivity contribution in [1.82, 2.24) is 14.9 Å². The van der Waals surface area contributed by atoms with Crippen LogP contribution in [0.4, 0.5) is 8.78 Å². The maximum absolute atomic E-state index is 13.0. The summed E-state index contributed by atoms with van der Waals surface area (Å²) in [6.07, 6.45) is 1.21. The number of nitrogens with zero attached hydrogens (tertiary/aromatic N) is 2. The topological polar surface area (TPSA) is 90.0 Å². The number of rotatable bonds is 5. The monoisotopic (exact) mass is 410 g/mol. The molecule has 0 unspecified atom stereocenters. The lowest BCUT2D eigenvalue weighted by molar-refractivity contribution is -0.123. The second-order valence-electron chi connectivity index (χ2n) is 4.68. The average molecular weight is 412 g/mol. The van der Waals surface area contributed by atoms with Gasteiger partial charge >= 0.3 is 0 Å². The SMILES string of the molecule is Cl.NCC(F)(F)CNC(=O)Cn1cnc2ccc(Br)cc2c1=O. The predicted octanol–water partition coefficient (Wildman–Crippen LogP) is 1.29. The number of alkyl halides is 2. The Kier molecular flexibility index (Phi) is 6.60. The van der Waals surface area contributed by atoms with Gasteiger partial charge in [0.05, 0.1) is 30.3 Å². The second kappa shape index (κ2) is 7.80. The maximum Gasteiger partial charge on any atom is 0.277 e. The van der Waals surface area contributed by atoms with E-state index in [0.29, 0.717) is 15.4 Å². The number of carbonyl (C=O) groups excluding carboxylic acids is 1. The third-order valence-corrected chi connectivity index (χ3v) is 3.44. The molecule has 0 aliphatic rings. The maximum atomic E-state index is 13.0. The highest BCUT2D eigenvalue weighted by Gasteiger charge is 2.27. The minimum Gasteiger partial charge on any atom is -0.348 e. The number of fused-ring (bicyclic) bond motifs is 1. The molecule has 0 aliphatic heterocycles. The number of carbonyl (C=O) groups is 1. The Morgan fingerprint density at radius 1 is 1.43 bits per heavy atom. The summed E-state index contributed by atoms with van der Waals surface area (Å²) in [4.78, 5) is 27.9. The van der Waals surface area contributed by atoms with Gasteiger partial charge < -0.3 is 11.1 Å². The van der Waals surface area contributed by atoms with Crippen LogP contribution in [0.25, 0.3) is 10.9 Å². The van der Waals surface area contributed by atoms with Gasteiger partial charge in [-0.05, 0) is 18.2 Å². The smallest absolute Gasteiger partial charge is 0.277 e. The molecule has 0 bridgehead atoms. The molecule has 0 spiro atoms. The Hall–Kier alpha value is -1.58. The highest BCUT2D eigenvalue weighted by molar-refractivity contribution is 9.10. The van der Waals surface area contributed by atoms with E-state index in [-0.39, 0.29) is 12.4 Å². The van der Waals surface area contributed by atoms with Gasteiger partial charge in [0, 0.05) is 4.47 Å². The van der Waals surface area contributed by atoms with Gasteiger partial charge in [0.2, 0.25) is 5.91 Å². The number of hydrogen-bond donors (Lipinski definition) is 2. The number of amides is 1. The normalized spacial score (nSPS) is 11.1. The van der Waals surface area contributed by atoms with Crippen LogP contribution in [-0.4, -0.2) is 34.5 Å². The van der Waals surface area contributed by atoms with Crippen molar-refractivity contribution < 1.29 is 13.6 Å². The molecule has 10 heteroatoms. The molecule has 0 fully saturated rings. The molecule has 0 saturated carbocycles. The summed E-state index contributed by atoms with van der Waals surface area (Å²) in [5, 5.41) is 2.37. The summed E-state index contributed by atoms with van der Waals surface area (Å²) < 4.78 is 27.7. The molecular formula is C13H14BrClF2N4O2. The zero-order valence-electron chi connectivity index (χ0n) is 11.8. The fraction of sp³-hybridized carbons (Fsp3) is 0.308. The number of benzene rings is 1. The third-order valence-electron chi connectivity index (χ3n) is 2.94. The summed E-state index contributed by atoms with van der Waals surface area (Å²) in [5.74, 6) is -3.89. The molecule has 3 N–H and O–H groups in total. The lowest BCUT2D eigenvalue weighted by atomic mass is 10.2. The van der Waals surface area contributed by atoms with Crippen molar-refractivity contribution in [2.24, 2.45) is 5.73 Å². The Morgan fingerprint density at radius 2 is 2.13 bits per heavy atom. The standard InChI is InChI=1S/C13H13BrF2N4O2.ClH/c14-8-1-2-10-9(3-8)12(22)20(7-19-10)4-11(21)18-6-13(15,16)5-17;/h1-3,7H,4-6,17H2,(H,18,21);1H. The van der Waals surface area contributed by atoms with E-state index in [4.69, 9.17) is 5.73 Å². The molecule has 0 atom stereocenters. The van der Waals surface area contributed by atoms with Crippen LogP contribution in [0.1, 0.15) is 0 Å². The lowest BCUT2D eigenvalue weighted by Gasteiger charge is -2.14. The van der Waals surface area contributed by atoms with E-state index in [1.165, 1.54) is 6.33 Å². The molecule has 6 nitrogen and oxygen atoms in total. The molecule has 2 aromatic rings. The van der Waals surface area contributed by atoms with E-state index >= 15 is 0 Å². The molecule has 0 saturated heterocycles. The van der Waals surface area contributed by atoms with Crippen LogP contribution in [0, 0.1) is 0 Å². The first-order chi connectivity index (χ1) is 10.3. The van der Waals surface area contributed by atoms with Crippen LogP contribution in [0.3, 0.4) is 0 Å². The first kappa shape index (κ1) is 19.5. The van der Waals surface area contributed by atoms with E-state index in [1.54, 1.807) is 18.2 Å². The van der Waals surface area contributed by atoms with Gasteiger partial charge in [0.1, 0.15) is 6.54 Å². The molecule has 1 aromatic carbocycles. The quantitative estimate of drug-likeness (QED) is 0.776. The fourth-order valence-corrected chi connectivity index (χ4v) is 2.12. The predicted molar refractivity (Wildman–Crippen MR) is 88.0 cm³/mol. The Balaban J connectivity index is 0.00000264. The Labute approximate surface area is 144 Å². The first-order valence-electron chi connectivity index (χ1n) is 6.32. The molecule has 1 amide bonds. The molecular weight excluding hydrogens is 398 g/mol. The van der Waals surface area contributed by atoms with Crippen LogP contribution < -0.4 is 16.6 Å². The van der Waals surface area contributed by atoms with Gasteiger partial charge in [0.25, 0.3) is 11.5 Å². The molecule has 0 aliphatic carbocycles. The zero-order valence-corrected chi connectivity index (χ0v) is 14.2. The molecule has 1 heterocycles. The average Bonchev–Trinajstić information content (AvgIpc) is 2.49. The minimum absolute atomic E-state index is 0. The van der Waals surface area contributed by atoms with Crippen LogP contribution >= 0.6 is 28.3 Å². The van der Waals surface area contributed by atoms with Gasteiger partial charge in [-0.1, -0.05) is 15.9 Å². The van der Waals surface area contributed by atoms with Gasteiger partial charge in [-0.15, -0.1) is 12.4 Å². The number of nitrogens with two attached hydrogens (primary N) is 1. The Bertz CT molecular complexity index is 769. The van der Waals surface area contributed by atoms with Crippen molar-refractivity contribution >= 4 is 45.1 Å². The Morgan fingerprint density at radius 3 is 2.78 bits per heavy atom. The van der Waals surface area contributed by atoms with E-state index in [2.05, 4.69) is 20.9 Å². The van der Waals surface area contributed by atoms with Crippen LogP contribution in [-0.2, 0) is 11.3 Å². The summed E-state index contributed by atoms with van der Waals surface area (Å²) in [7, 11) is 0. The van der Waals surface area contributed by atoms with Gasteiger partial charge in [-0.3, -0.25) is 14.2 Å². The number of nitrogens with one attached hydrogen (secondary N) is 1. The van der Waals surface area contributed by atoms with Gasteiger partial charge in [0.15, 0.2) is 0 Å². The highest BCUT2D eigenvalue weighted by atomic mass is 79.9. The van der Waals surface area contributed by atoms with Crippen molar-refractivity contribution in [2.75, 3.05) is 13.1 Å². The molecule has 1 aromatic heterocycles. The molecule has 0 radical (unpaired) electrons. The molecule has 126 valence electrons. The van der Waals surface area contributed by atoms with Crippen molar-refractivity contribution in [3.05, 3.63) is 39.4 Å². The number of aromatic nitrogens is 2. The van der Waals surface area contributed by atoms with E-state index < -0.39 is 37.0 Å². The highest BCUT2D eigenvalue weighted by Crippen LogP contribution is 2.14. The number of halogens is 4. The van der Waals surface area contributed by atoms with Gasteiger partial charge in [-0.25, -0.2) is 13.8 Å². The second-order valence-corrected chi connectivity index (χ2v) is 5.59. The van der Waals surface area contributed by atoms with Gasteiger partial charge in [-0.2, -0.15) is 0 Å². The largest absolute Gasteiger partial charge is 0.348 e. The molecule has 23 heavy (non-hydrogen) atoms. The first-order valence-corrected chi connectivity index (χ1v) is 7.11. The zero-order chi connectivity index (χ0) is 16.3. The van der Waals surface area contributed by atoms with Crippen LogP contribution in [0.15, 0.2) is 33.8 Å². The van der Waals surface area contributed by atoms with Crippen molar-refractivity contribution in [3.8, 4) is 0 Å². The minimum atomic E-state index is -3.17. The lowest BCUT2D eigenvalue weighted by Crippen LogP contribution is -2.43. The van der Waals surface area contributed by atoms with Crippen molar-refractivity contribution in [3.63, 3.8) is 0 Å². The molecule has 2 rings (SSSR count). The third kappa shape index (κ3) is 4.95. The van der Waals surface area contributed by atoms with Crippen LogP contribution in [0.2, 0.25) is 0 Å². The van der Waals surface area contributed by atoms with E-state index in [9.17, 15) is 18.4 Å². The summed E-state index contributed by atoms with van der Waals surface area (Å²) >= 11 is 3.25. The summed E-state index contributed by atoms with van der Waals surface area (Å²) in [5.41, 5.74) is 4.94. The van der Waals surface area contributed by atoms with Crippen molar-refractivity contribution in [2.45, 2.75) is 12.5 Å². The fourth-order valence-electron chi connectivity index (χ4n) is 1.75. The summed E-state index contributed by atoms with van der Waals surface area (Å²) in [6, 6.07) is 4.98. The van der Waals surface area contributed by atoms with Crippen molar-refractivity contribution in [1.29, 1.82) is 0 Å². The van der Waals surface area contributed by atoms with E-state index in [1.807, 2.05) is 5.32 Å². The number of hydrogen-bond acceptors (Lipinski definition) is 4. The van der Waals surface area contributed by atoms with Crippen LogP contribution in [0.5, 0.6) is 0 Å².